The third-order valence-electron chi connectivity index (χ3n) is 6.32. The highest BCUT2D eigenvalue weighted by Crippen LogP contribution is 2.35. The summed E-state index contributed by atoms with van der Waals surface area (Å²) in [5, 5.41) is 2.80. The molecule has 1 saturated carbocycles. The maximum absolute atomic E-state index is 12.9. The number of amides is 3. The van der Waals surface area contributed by atoms with Gasteiger partial charge in [0.1, 0.15) is 0 Å². The molecule has 3 rings (SSSR count). The number of carbonyl (C=O) groups is 3. The Hall–Kier alpha value is -2.37. The minimum absolute atomic E-state index is 0.00671. The molecule has 1 aromatic carbocycles. The molecule has 0 spiro atoms. The van der Waals surface area contributed by atoms with Crippen LogP contribution in [0.2, 0.25) is 0 Å². The number of hydrogen-bond donors (Lipinski definition) is 1. The number of benzene rings is 1. The summed E-state index contributed by atoms with van der Waals surface area (Å²) in [6.45, 7) is 3.09. The molecular weight excluding hydrogens is 366 g/mol. The first-order chi connectivity index (χ1) is 13.8. The Bertz CT molecular complexity index is 738. The highest BCUT2D eigenvalue weighted by Gasteiger charge is 2.41. The zero-order chi connectivity index (χ0) is 21.0. The van der Waals surface area contributed by atoms with Gasteiger partial charge >= 0.3 is 0 Å². The Kier molecular flexibility index (Phi) is 6.93. The standard InChI is InChI=1S/C23H33N3O3/c1-16(27)24-13-18-8-10-19(11-9-18)20-14-26(15-21(20)23(29)25(2)3)22(28)12-17-6-4-5-7-17/h8-11,17,20-21H,4-7,12-15H2,1-3H3,(H,24,27)/t20-,21+/m1/s1. The molecule has 6 nitrogen and oxygen atoms in total. The lowest BCUT2D eigenvalue weighted by Crippen LogP contribution is -2.35. The van der Waals surface area contributed by atoms with Crippen molar-refractivity contribution in [2.24, 2.45) is 11.8 Å². The zero-order valence-corrected chi connectivity index (χ0v) is 17.8. The van der Waals surface area contributed by atoms with Gasteiger partial charge in [-0.15, -0.1) is 0 Å². The Labute approximate surface area is 173 Å². The van der Waals surface area contributed by atoms with E-state index in [-0.39, 0.29) is 29.6 Å². The number of rotatable bonds is 6. The normalized spacial score (nSPS) is 22.0. The van der Waals surface area contributed by atoms with Crippen molar-refractivity contribution in [2.75, 3.05) is 27.2 Å². The molecule has 1 saturated heterocycles. The molecule has 2 atom stereocenters. The molecule has 0 radical (unpaired) electrons. The number of likely N-dealkylation sites (tertiary alicyclic amines) is 1. The van der Waals surface area contributed by atoms with E-state index in [1.54, 1.807) is 19.0 Å². The second-order valence-electron chi connectivity index (χ2n) is 8.75. The summed E-state index contributed by atoms with van der Waals surface area (Å²) in [5.41, 5.74) is 2.10. The van der Waals surface area contributed by atoms with E-state index >= 15 is 0 Å². The molecule has 0 bridgehead atoms. The SMILES string of the molecule is CC(=O)NCc1ccc([C@H]2CN(C(=O)CC3CCCC3)C[C@@H]2C(=O)N(C)C)cc1. The van der Waals surface area contributed by atoms with Crippen LogP contribution in [0, 0.1) is 11.8 Å². The van der Waals surface area contributed by atoms with Gasteiger partial charge in [0.2, 0.25) is 17.7 Å². The van der Waals surface area contributed by atoms with Crippen molar-refractivity contribution < 1.29 is 14.4 Å². The fraction of sp³-hybridized carbons (Fsp3) is 0.609. The molecular formula is C23H33N3O3. The van der Waals surface area contributed by atoms with Gasteiger partial charge in [-0.25, -0.2) is 0 Å². The van der Waals surface area contributed by atoms with Gasteiger partial charge in [-0.05, 0) is 29.9 Å². The summed E-state index contributed by atoms with van der Waals surface area (Å²) in [6, 6.07) is 8.04. The first-order valence-electron chi connectivity index (χ1n) is 10.7. The molecule has 1 heterocycles. The second kappa shape index (κ2) is 9.42. The average molecular weight is 400 g/mol. The lowest BCUT2D eigenvalue weighted by molar-refractivity contribution is -0.134. The molecule has 2 fully saturated rings. The number of nitrogens with zero attached hydrogens (tertiary/aromatic N) is 2. The van der Waals surface area contributed by atoms with Crippen LogP contribution in [0.4, 0.5) is 0 Å². The van der Waals surface area contributed by atoms with E-state index < -0.39 is 0 Å². The van der Waals surface area contributed by atoms with Crippen molar-refractivity contribution in [2.45, 2.75) is 51.5 Å². The van der Waals surface area contributed by atoms with Gasteiger partial charge in [0.25, 0.3) is 0 Å². The summed E-state index contributed by atoms with van der Waals surface area (Å²) in [4.78, 5) is 40.4. The Balaban J connectivity index is 1.72. The van der Waals surface area contributed by atoms with Crippen LogP contribution in [0.1, 0.15) is 56.1 Å². The summed E-state index contributed by atoms with van der Waals surface area (Å²) in [7, 11) is 3.55. The van der Waals surface area contributed by atoms with Gasteiger partial charge in [0.15, 0.2) is 0 Å². The monoisotopic (exact) mass is 399 g/mol. The van der Waals surface area contributed by atoms with Gasteiger partial charge in [0.05, 0.1) is 5.92 Å². The van der Waals surface area contributed by atoms with E-state index in [1.807, 2.05) is 29.2 Å². The Morgan fingerprint density at radius 3 is 2.31 bits per heavy atom. The summed E-state index contributed by atoms with van der Waals surface area (Å²) >= 11 is 0. The summed E-state index contributed by atoms with van der Waals surface area (Å²) < 4.78 is 0. The van der Waals surface area contributed by atoms with Crippen LogP contribution in [0.25, 0.3) is 0 Å². The molecule has 158 valence electrons. The van der Waals surface area contributed by atoms with Crippen molar-refractivity contribution in [1.29, 1.82) is 0 Å². The lowest BCUT2D eigenvalue weighted by Gasteiger charge is -2.21. The highest BCUT2D eigenvalue weighted by atomic mass is 16.2. The van der Waals surface area contributed by atoms with E-state index in [0.717, 1.165) is 24.0 Å². The minimum Gasteiger partial charge on any atom is -0.352 e. The predicted octanol–water partition coefficient (Wildman–Crippen LogP) is 2.53. The third-order valence-corrected chi connectivity index (χ3v) is 6.32. The van der Waals surface area contributed by atoms with Crippen LogP contribution < -0.4 is 5.32 Å². The molecule has 3 amide bonds. The topological polar surface area (TPSA) is 69.7 Å². The van der Waals surface area contributed by atoms with Crippen molar-refractivity contribution in [3.8, 4) is 0 Å². The fourth-order valence-corrected chi connectivity index (χ4v) is 4.63. The van der Waals surface area contributed by atoms with Crippen LogP contribution in [0.5, 0.6) is 0 Å². The third kappa shape index (κ3) is 5.37. The molecule has 1 N–H and O–H groups in total. The van der Waals surface area contributed by atoms with Crippen molar-refractivity contribution in [3.05, 3.63) is 35.4 Å². The van der Waals surface area contributed by atoms with E-state index in [0.29, 0.717) is 32.0 Å². The molecule has 1 aliphatic heterocycles. The number of carbonyl (C=O) groups excluding carboxylic acids is 3. The molecule has 0 aromatic heterocycles. The second-order valence-corrected chi connectivity index (χ2v) is 8.75. The van der Waals surface area contributed by atoms with Gasteiger partial charge in [0, 0.05) is 53.0 Å². The molecule has 29 heavy (non-hydrogen) atoms. The highest BCUT2D eigenvalue weighted by molar-refractivity contribution is 5.83. The molecule has 0 unspecified atom stereocenters. The summed E-state index contributed by atoms with van der Waals surface area (Å²) in [5.74, 6) is 0.522. The van der Waals surface area contributed by atoms with Gasteiger partial charge < -0.3 is 15.1 Å². The number of hydrogen-bond acceptors (Lipinski definition) is 3. The van der Waals surface area contributed by atoms with Crippen LogP contribution >= 0.6 is 0 Å². The van der Waals surface area contributed by atoms with E-state index in [1.165, 1.54) is 19.8 Å². The Morgan fingerprint density at radius 2 is 1.72 bits per heavy atom. The lowest BCUT2D eigenvalue weighted by atomic mass is 9.87. The molecule has 2 aliphatic rings. The zero-order valence-electron chi connectivity index (χ0n) is 17.8. The summed E-state index contributed by atoms with van der Waals surface area (Å²) in [6.07, 6.45) is 5.38. The van der Waals surface area contributed by atoms with Crippen LogP contribution in [0.15, 0.2) is 24.3 Å². The fourth-order valence-electron chi connectivity index (χ4n) is 4.63. The van der Waals surface area contributed by atoms with Crippen LogP contribution in [0.3, 0.4) is 0 Å². The van der Waals surface area contributed by atoms with Gasteiger partial charge in [-0.3, -0.25) is 14.4 Å². The van der Waals surface area contributed by atoms with Gasteiger partial charge in [-0.2, -0.15) is 0 Å². The first kappa shape index (κ1) is 21.3. The van der Waals surface area contributed by atoms with E-state index in [4.69, 9.17) is 0 Å². The average Bonchev–Trinajstić information content (AvgIpc) is 3.36. The van der Waals surface area contributed by atoms with Gasteiger partial charge in [-0.1, -0.05) is 37.1 Å². The first-order valence-corrected chi connectivity index (χ1v) is 10.7. The predicted molar refractivity (Wildman–Crippen MR) is 112 cm³/mol. The molecule has 1 aliphatic carbocycles. The Morgan fingerprint density at radius 1 is 1.07 bits per heavy atom. The maximum atomic E-state index is 12.9. The van der Waals surface area contributed by atoms with E-state index in [2.05, 4.69) is 5.32 Å². The van der Waals surface area contributed by atoms with Crippen molar-refractivity contribution in [3.63, 3.8) is 0 Å². The molecule has 1 aromatic rings. The van der Waals surface area contributed by atoms with Crippen molar-refractivity contribution >= 4 is 17.7 Å². The minimum atomic E-state index is -0.210. The molecule has 6 heteroatoms. The largest absolute Gasteiger partial charge is 0.352 e. The quantitative estimate of drug-likeness (QED) is 0.799. The number of nitrogens with one attached hydrogen (secondary N) is 1. The van der Waals surface area contributed by atoms with E-state index in [9.17, 15) is 14.4 Å². The maximum Gasteiger partial charge on any atom is 0.227 e. The van der Waals surface area contributed by atoms with Crippen molar-refractivity contribution in [1.82, 2.24) is 15.1 Å². The van der Waals surface area contributed by atoms with Crippen LogP contribution in [-0.4, -0.2) is 54.7 Å². The smallest absolute Gasteiger partial charge is 0.227 e. The van der Waals surface area contributed by atoms with Crippen LogP contribution in [-0.2, 0) is 20.9 Å².